The van der Waals surface area contributed by atoms with E-state index >= 15 is 0 Å². The molecule has 0 aliphatic rings. The van der Waals surface area contributed by atoms with Gasteiger partial charge >= 0.3 is 0 Å². The number of hydrogen-bond acceptors (Lipinski definition) is 4. The average molecular weight is 401 g/mol. The molecule has 0 bridgehead atoms. The number of benzene rings is 2. The lowest BCUT2D eigenvalue weighted by molar-refractivity contribution is 0.0998. The molecule has 3 aromatic rings. The fourth-order valence-electron chi connectivity index (χ4n) is 2.90. The summed E-state index contributed by atoms with van der Waals surface area (Å²) in [6.45, 7) is 8.42. The van der Waals surface area contributed by atoms with Gasteiger partial charge in [0.15, 0.2) is 14.6 Å². The van der Waals surface area contributed by atoms with Crippen molar-refractivity contribution in [2.75, 3.05) is 6.26 Å². The zero-order chi connectivity index (χ0) is 19.8. The van der Waals surface area contributed by atoms with E-state index in [2.05, 4.69) is 23.7 Å². The van der Waals surface area contributed by atoms with Gasteiger partial charge < -0.3 is 4.57 Å². The van der Waals surface area contributed by atoms with Crippen LogP contribution in [0.15, 0.2) is 58.9 Å². The van der Waals surface area contributed by atoms with Crippen molar-refractivity contribution in [3.05, 3.63) is 70.5 Å². The summed E-state index contributed by atoms with van der Waals surface area (Å²) in [6, 6.07) is 10.0. The minimum atomic E-state index is -3.30. The van der Waals surface area contributed by atoms with Gasteiger partial charge in [-0.2, -0.15) is 4.99 Å². The molecule has 3 rings (SSSR count). The van der Waals surface area contributed by atoms with Crippen LogP contribution in [0.25, 0.3) is 10.2 Å². The van der Waals surface area contributed by atoms with Gasteiger partial charge in [0.1, 0.15) is 0 Å². The Balaban J connectivity index is 2.12. The van der Waals surface area contributed by atoms with Gasteiger partial charge in [-0.15, -0.1) is 6.58 Å². The van der Waals surface area contributed by atoms with Crippen LogP contribution >= 0.6 is 11.3 Å². The highest BCUT2D eigenvalue weighted by Crippen LogP contribution is 2.23. The highest BCUT2D eigenvalue weighted by Gasteiger charge is 2.12. The molecule has 1 aromatic heterocycles. The molecule has 0 N–H and O–H groups in total. The zero-order valence-corrected chi connectivity index (χ0v) is 17.0. The van der Waals surface area contributed by atoms with Gasteiger partial charge in [0, 0.05) is 18.4 Å². The largest absolute Gasteiger partial charge is 0.312 e. The smallest absolute Gasteiger partial charge is 0.279 e. The van der Waals surface area contributed by atoms with Crippen molar-refractivity contribution in [3.63, 3.8) is 0 Å². The number of hydrogen-bond donors (Lipinski definition) is 0. The highest BCUT2D eigenvalue weighted by molar-refractivity contribution is 7.90. The molecule has 0 aliphatic heterocycles. The summed E-state index contributed by atoms with van der Waals surface area (Å²) in [5.74, 6) is -0.409. The van der Waals surface area contributed by atoms with Crippen molar-refractivity contribution in [1.29, 1.82) is 0 Å². The monoisotopic (exact) mass is 400 g/mol. The molecule has 0 atom stereocenters. The number of sulfone groups is 1. The second kappa shape index (κ2) is 7.25. The van der Waals surface area contributed by atoms with Crippen molar-refractivity contribution in [2.45, 2.75) is 25.3 Å². The minimum absolute atomic E-state index is 0.175. The third-order valence-corrected chi connectivity index (χ3v) is 6.51. The molecular formula is C20H20N2O3S2. The minimum Gasteiger partial charge on any atom is -0.312 e. The molecule has 5 nitrogen and oxygen atoms in total. The maximum absolute atomic E-state index is 12.6. The van der Waals surface area contributed by atoms with Crippen LogP contribution in [-0.4, -0.2) is 25.1 Å². The van der Waals surface area contributed by atoms with Gasteiger partial charge in [-0.3, -0.25) is 4.79 Å². The van der Waals surface area contributed by atoms with Crippen molar-refractivity contribution < 1.29 is 13.2 Å². The second-order valence-corrected chi connectivity index (χ2v) is 9.42. The predicted octanol–water partition coefficient (Wildman–Crippen LogP) is 3.65. The summed E-state index contributed by atoms with van der Waals surface area (Å²) >= 11 is 1.46. The van der Waals surface area contributed by atoms with Crippen molar-refractivity contribution in [3.8, 4) is 0 Å². The van der Waals surface area contributed by atoms with Gasteiger partial charge in [-0.1, -0.05) is 23.5 Å². The van der Waals surface area contributed by atoms with Crippen LogP contribution in [0, 0.1) is 13.8 Å². The van der Waals surface area contributed by atoms with E-state index < -0.39 is 15.7 Å². The lowest BCUT2D eigenvalue weighted by Gasteiger charge is -2.03. The molecule has 7 heteroatoms. The van der Waals surface area contributed by atoms with Crippen molar-refractivity contribution in [2.24, 2.45) is 4.99 Å². The van der Waals surface area contributed by atoms with E-state index in [1.165, 1.54) is 35.6 Å². The summed E-state index contributed by atoms with van der Waals surface area (Å²) in [5, 5.41) is 0. The van der Waals surface area contributed by atoms with Gasteiger partial charge in [0.05, 0.1) is 15.1 Å². The first-order valence-corrected chi connectivity index (χ1v) is 11.0. The Morgan fingerprint density at radius 3 is 2.48 bits per heavy atom. The van der Waals surface area contributed by atoms with Crippen LogP contribution in [0.5, 0.6) is 0 Å². The summed E-state index contributed by atoms with van der Waals surface area (Å²) in [7, 11) is -3.30. The maximum Gasteiger partial charge on any atom is 0.279 e. The van der Waals surface area contributed by atoms with Crippen LogP contribution in [0.3, 0.4) is 0 Å². The molecule has 0 unspecified atom stereocenters. The molecule has 140 valence electrons. The lowest BCUT2D eigenvalue weighted by atomic mass is 10.1. The second-order valence-electron chi connectivity index (χ2n) is 6.43. The number of allylic oxidation sites excluding steroid dienone is 1. The van der Waals surface area contributed by atoms with Gasteiger partial charge in [0.2, 0.25) is 0 Å². The number of fused-ring (bicyclic) bond motifs is 1. The Morgan fingerprint density at radius 1 is 1.22 bits per heavy atom. The Morgan fingerprint density at radius 2 is 1.89 bits per heavy atom. The predicted molar refractivity (Wildman–Crippen MR) is 109 cm³/mol. The summed E-state index contributed by atoms with van der Waals surface area (Å²) in [4.78, 5) is 17.7. The standard InChI is InChI=1S/C20H20N2O3S2/c1-5-10-22-17-12-13(2)11-14(3)18(17)26-20(22)21-19(23)15-6-8-16(9-7-15)27(4,24)25/h5-9,11-12H,1,10H2,2-4H3. The van der Waals surface area contributed by atoms with E-state index in [1.807, 2.05) is 18.4 Å². The number of carbonyl (C=O) groups is 1. The van der Waals surface area contributed by atoms with E-state index in [0.29, 0.717) is 16.9 Å². The molecule has 0 spiro atoms. The molecule has 0 saturated carbocycles. The number of rotatable bonds is 4. The van der Waals surface area contributed by atoms with E-state index in [4.69, 9.17) is 0 Å². The first kappa shape index (κ1) is 19.3. The third kappa shape index (κ3) is 3.94. The molecule has 1 amide bonds. The Kier molecular flexibility index (Phi) is 5.17. The average Bonchev–Trinajstić information content (AvgIpc) is 2.92. The number of amides is 1. The van der Waals surface area contributed by atoms with Gasteiger partial charge in [0.25, 0.3) is 5.91 Å². The SMILES string of the molecule is C=CCn1c(=NC(=O)c2ccc(S(C)(=O)=O)cc2)sc2c(C)cc(C)cc21. The van der Waals surface area contributed by atoms with E-state index in [9.17, 15) is 13.2 Å². The lowest BCUT2D eigenvalue weighted by Crippen LogP contribution is -2.16. The fraction of sp³-hybridized carbons (Fsp3) is 0.200. The van der Waals surface area contributed by atoms with Crippen LogP contribution in [0.2, 0.25) is 0 Å². The zero-order valence-electron chi connectivity index (χ0n) is 15.4. The van der Waals surface area contributed by atoms with Crippen LogP contribution in [0.1, 0.15) is 21.5 Å². The Hall–Kier alpha value is -2.51. The number of aromatic nitrogens is 1. The summed E-state index contributed by atoms with van der Waals surface area (Å²) in [5.41, 5.74) is 3.65. The van der Waals surface area contributed by atoms with Crippen molar-refractivity contribution in [1.82, 2.24) is 4.57 Å². The van der Waals surface area contributed by atoms with Crippen LogP contribution in [0.4, 0.5) is 0 Å². The molecular weight excluding hydrogens is 380 g/mol. The number of aryl methyl sites for hydroxylation is 2. The first-order chi connectivity index (χ1) is 12.7. The first-order valence-electron chi connectivity index (χ1n) is 8.31. The molecule has 0 fully saturated rings. The number of nitrogens with zero attached hydrogens (tertiary/aromatic N) is 2. The van der Waals surface area contributed by atoms with E-state index in [-0.39, 0.29) is 4.90 Å². The molecule has 0 saturated heterocycles. The third-order valence-electron chi connectivity index (χ3n) is 4.15. The quantitative estimate of drug-likeness (QED) is 0.628. The maximum atomic E-state index is 12.6. The Bertz CT molecular complexity index is 1210. The highest BCUT2D eigenvalue weighted by atomic mass is 32.2. The number of thiazole rings is 1. The molecule has 0 radical (unpaired) electrons. The van der Waals surface area contributed by atoms with Crippen LogP contribution < -0.4 is 4.80 Å². The summed E-state index contributed by atoms with van der Waals surface area (Å²) in [6.07, 6.45) is 2.90. The fourth-order valence-corrected chi connectivity index (χ4v) is 4.62. The topological polar surface area (TPSA) is 68.5 Å². The molecule has 1 heterocycles. The van der Waals surface area contributed by atoms with Crippen molar-refractivity contribution >= 4 is 37.3 Å². The summed E-state index contributed by atoms with van der Waals surface area (Å²) < 4.78 is 26.2. The Labute approximate surface area is 162 Å². The normalized spacial score (nSPS) is 12.5. The molecule has 2 aromatic carbocycles. The van der Waals surface area contributed by atoms with E-state index in [1.54, 1.807) is 6.08 Å². The number of carbonyl (C=O) groups excluding carboxylic acids is 1. The molecule has 27 heavy (non-hydrogen) atoms. The van der Waals surface area contributed by atoms with Gasteiger partial charge in [-0.05, 0) is 55.3 Å². The molecule has 0 aliphatic carbocycles. The van der Waals surface area contributed by atoms with Gasteiger partial charge in [-0.25, -0.2) is 8.42 Å². The van der Waals surface area contributed by atoms with Crippen LogP contribution in [-0.2, 0) is 16.4 Å². The van der Waals surface area contributed by atoms with E-state index in [0.717, 1.165) is 27.6 Å².